The first kappa shape index (κ1) is 11.5. The fourth-order valence-electron chi connectivity index (χ4n) is 1.95. The molecular weight excluding hydrogens is 182 g/mol. The lowest BCUT2D eigenvalue weighted by molar-refractivity contribution is -0.123. The molecule has 4 heteroatoms. The van der Waals surface area contributed by atoms with Gasteiger partial charge in [0, 0.05) is 13.5 Å². The maximum atomic E-state index is 10.9. The second kappa shape index (κ2) is 5.32. The lowest BCUT2D eigenvalue weighted by atomic mass is 9.90. The molecule has 0 heterocycles. The molecule has 1 fully saturated rings. The Morgan fingerprint density at radius 3 is 2.86 bits per heavy atom. The molecule has 0 spiro atoms. The summed E-state index contributed by atoms with van der Waals surface area (Å²) in [6, 6.07) is -0.141. The average Bonchev–Trinajstić information content (AvgIpc) is 2.11. The molecule has 2 N–H and O–H groups in total. The van der Waals surface area contributed by atoms with Crippen molar-refractivity contribution in [3.05, 3.63) is 0 Å². The van der Waals surface area contributed by atoms with Gasteiger partial charge in [0.05, 0.1) is 12.1 Å². The Balaban J connectivity index is 2.47. The number of nitrogens with one attached hydrogen (secondary N) is 1. The predicted octanol–water partition coefficient (Wildman–Crippen LogP) is 0.441. The van der Waals surface area contributed by atoms with Crippen molar-refractivity contribution >= 4 is 5.91 Å². The summed E-state index contributed by atoms with van der Waals surface area (Å²) in [5, 5.41) is 12.6. The maximum absolute atomic E-state index is 10.9. The largest absolute Gasteiger partial charge is 0.388 e. The maximum Gasteiger partial charge on any atom is 0.217 e. The molecule has 1 amide bonds. The van der Waals surface area contributed by atoms with Crippen molar-refractivity contribution in [2.45, 2.75) is 51.4 Å². The zero-order valence-electron chi connectivity index (χ0n) is 8.82. The van der Waals surface area contributed by atoms with Crippen LogP contribution in [0.3, 0.4) is 0 Å². The van der Waals surface area contributed by atoms with Crippen molar-refractivity contribution in [2.75, 3.05) is 6.61 Å². The van der Waals surface area contributed by atoms with Crippen LogP contribution in [0.4, 0.5) is 0 Å². The van der Waals surface area contributed by atoms with E-state index in [1.54, 1.807) is 0 Å². The summed E-state index contributed by atoms with van der Waals surface area (Å²) in [7, 11) is 0. The van der Waals surface area contributed by atoms with E-state index in [4.69, 9.17) is 4.74 Å². The number of aliphatic hydroxyl groups is 1. The highest BCUT2D eigenvalue weighted by Gasteiger charge is 2.32. The van der Waals surface area contributed by atoms with Gasteiger partial charge in [-0.25, -0.2) is 0 Å². The molecule has 4 nitrogen and oxygen atoms in total. The van der Waals surface area contributed by atoms with Crippen LogP contribution < -0.4 is 5.32 Å². The molecule has 0 unspecified atom stereocenters. The molecule has 1 aliphatic rings. The van der Waals surface area contributed by atoms with Crippen LogP contribution in [0.2, 0.25) is 0 Å². The van der Waals surface area contributed by atoms with E-state index in [-0.39, 0.29) is 18.1 Å². The van der Waals surface area contributed by atoms with Crippen LogP contribution in [0, 0.1) is 0 Å². The molecule has 0 bridgehead atoms. The molecule has 3 atom stereocenters. The SMILES string of the molecule is CCO[C@H]1CCC[C@H](NC(C)=O)[C@@H]1O. The van der Waals surface area contributed by atoms with Crippen molar-refractivity contribution in [1.29, 1.82) is 0 Å². The summed E-state index contributed by atoms with van der Waals surface area (Å²) in [6.45, 7) is 3.99. The van der Waals surface area contributed by atoms with Crippen molar-refractivity contribution in [1.82, 2.24) is 5.32 Å². The van der Waals surface area contributed by atoms with E-state index in [0.29, 0.717) is 6.61 Å². The first-order valence-corrected chi connectivity index (χ1v) is 5.22. The van der Waals surface area contributed by atoms with Gasteiger partial charge >= 0.3 is 0 Å². The molecular formula is C10H19NO3. The second-order valence-corrected chi connectivity index (χ2v) is 3.72. The van der Waals surface area contributed by atoms with Crippen molar-refractivity contribution in [3.8, 4) is 0 Å². The molecule has 1 rings (SSSR count). The highest BCUT2D eigenvalue weighted by molar-refractivity contribution is 5.73. The molecule has 0 aromatic heterocycles. The summed E-state index contributed by atoms with van der Waals surface area (Å²) in [5.74, 6) is -0.0915. The summed E-state index contributed by atoms with van der Waals surface area (Å²) >= 11 is 0. The van der Waals surface area contributed by atoms with Gasteiger partial charge in [-0.3, -0.25) is 4.79 Å². The van der Waals surface area contributed by atoms with Gasteiger partial charge in [-0.15, -0.1) is 0 Å². The molecule has 0 aliphatic heterocycles. The van der Waals surface area contributed by atoms with E-state index in [0.717, 1.165) is 19.3 Å². The minimum absolute atomic E-state index is 0.0915. The van der Waals surface area contributed by atoms with Gasteiger partial charge in [-0.2, -0.15) is 0 Å². The van der Waals surface area contributed by atoms with Crippen molar-refractivity contribution < 1.29 is 14.6 Å². The first-order valence-electron chi connectivity index (χ1n) is 5.22. The summed E-state index contributed by atoms with van der Waals surface area (Å²) < 4.78 is 5.41. The first-order chi connectivity index (χ1) is 6.65. The van der Waals surface area contributed by atoms with Crippen LogP contribution in [-0.2, 0) is 9.53 Å². The number of ether oxygens (including phenoxy) is 1. The molecule has 1 aliphatic carbocycles. The normalized spacial score (nSPS) is 32.6. The third-order valence-corrected chi connectivity index (χ3v) is 2.57. The number of rotatable bonds is 3. The fraction of sp³-hybridized carbons (Fsp3) is 0.900. The van der Waals surface area contributed by atoms with E-state index in [2.05, 4.69) is 5.32 Å². The molecule has 0 aromatic rings. The summed E-state index contributed by atoms with van der Waals surface area (Å²) in [6.07, 6.45) is 2.03. The van der Waals surface area contributed by atoms with Gasteiger partial charge in [0.25, 0.3) is 0 Å². The van der Waals surface area contributed by atoms with Gasteiger partial charge in [0.1, 0.15) is 6.10 Å². The van der Waals surface area contributed by atoms with E-state index in [1.807, 2.05) is 6.92 Å². The lowest BCUT2D eigenvalue weighted by Crippen LogP contribution is -2.51. The smallest absolute Gasteiger partial charge is 0.217 e. The molecule has 82 valence electrons. The van der Waals surface area contributed by atoms with E-state index < -0.39 is 6.10 Å². The Morgan fingerprint density at radius 2 is 2.29 bits per heavy atom. The summed E-state index contributed by atoms with van der Waals surface area (Å²) in [5.41, 5.74) is 0. The average molecular weight is 201 g/mol. The third kappa shape index (κ3) is 2.96. The summed E-state index contributed by atoms with van der Waals surface area (Å²) in [4.78, 5) is 10.9. The van der Waals surface area contributed by atoms with Gasteiger partial charge in [-0.1, -0.05) is 0 Å². The number of carbonyl (C=O) groups is 1. The second-order valence-electron chi connectivity index (χ2n) is 3.72. The highest BCUT2D eigenvalue weighted by Crippen LogP contribution is 2.21. The van der Waals surface area contributed by atoms with Crippen LogP contribution in [0.25, 0.3) is 0 Å². The molecule has 0 saturated heterocycles. The van der Waals surface area contributed by atoms with Crippen LogP contribution >= 0.6 is 0 Å². The number of aliphatic hydroxyl groups excluding tert-OH is 1. The minimum atomic E-state index is -0.562. The quantitative estimate of drug-likeness (QED) is 0.696. The van der Waals surface area contributed by atoms with Crippen molar-refractivity contribution in [2.24, 2.45) is 0 Å². The Morgan fingerprint density at radius 1 is 1.57 bits per heavy atom. The third-order valence-electron chi connectivity index (χ3n) is 2.57. The Labute approximate surface area is 84.6 Å². The zero-order chi connectivity index (χ0) is 10.6. The number of amides is 1. The van der Waals surface area contributed by atoms with E-state index in [1.165, 1.54) is 6.92 Å². The van der Waals surface area contributed by atoms with Crippen LogP contribution in [0.15, 0.2) is 0 Å². The lowest BCUT2D eigenvalue weighted by Gasteiger charge is -2.34. The van der Waals surface area contributed by atoms with E-state index in [9.17, 15) is 9.90 Å². The van der Waals surface area contributed by atoms with Gasteiger partial charge in [-0.05, 0) is 26.2 Å². The fourth-order valence-corrected chi connectivity index (χ4v) is 1.95. The van der Waals surface area contributed by atoms with Crippen LogP contribution in [-0.4, -0.2) is 35.9 Å². The Hall–Kier alpha value is -0.610. The molecule has 1 saturated carbocycles. The monoisotopic (exact) mass is 201 g/mol. The topological polar surface area (TPSA) is 58.6 Å². The number of hydrogen-bond donors (Lipinski definition) is 2. The molecule has 0 radical (unpaired) electrons. The predicted molar refractivity (Wildman–Crippen MR) is 52.9 cm³/mol. The molecule has 0 aromatic carbocycles. The zero-order valence-corrected chi connectivity index (χ0v) is 8.82. The van der Waals surface area contributed by atoms with Gasteiger partial charge in [0.15, 0.2) is 0 Å². The molecule has 14 heavy (non-hydrogen) atoms. The highest BCUT2D eigenvalue weighted by atomic mass is 16.5. The Kier molecular flexibility index (Phi) is 4.35. The van der Waals surface area contributed by atoms with Gasteiger partial charge in [0.2, 0.25) is 5.91 Å². The van der Waals surface area contributed by atoms with Crippen LogP contribution in [0.5, 0.6) is 0 Å². The van der Waals surface area contributed by atoms with Crippen LogP contribution in [0.1, 0.15) is 33.1 Å². The minimum Gasteiger partial charge on any atom is -0.388 e. The van der Waals surface area contributed by atoms with Crippen molar-refractivity contribution in [3.63, 3.8) is 0 Å². The van der Waals surface area contributed by atoms with Gasteiger partial charge < -0.3 is 15.2 Å². The van der Waals surface area contributed by atoms with E-state index >= 15 is 0 Å². The Bertz CT molecular complexity index is 194. The standard InChI is InChI=1S/C10H19NO3/c1-3-14-9-6-4-5-8(10(9)13)11-7(2)12/h8-10,13H,3-6H2,1-2H3,(H,11,12)/t8-,9-,10-/m0/s1. The number of carbonyl (C=O) groups excluding carboxylic acids is 1. The number of hydrogen-bond acceptors (Lipinski definition) is 3.